The van der Waals surface area contributed by atoms with Crippen molar-refractivity contribution >= 4 is 11.3 Å². The number of aromatic nitrogens is 1. The lowest BCUT2D eigenvalue weighted by Gasteiger charge is -2.25. The summed E-state index contributed by atoms with van der Waals surface area (Å²) >= 11 is 1.52. The van der Waals surface area contributed by atoms with Gasteiger partial charge in [0.05, 0.1) is 22.2 Å². The molecule has 1 aromatic rings. The zero-order chi connectivity index (χ0) is 10.9. The van der Waals surface area contributed by atoms with Gasteiger partial charge in [0.15, 0.2) is 0 Å². The number of rotatable bonds is 2. The van der Waals surface area contributed by atoms with Crippen LogP contribution in [0.15, 0.2) is 5.38 Å². The molecule has 0 aromatic carbocycles. The van der Waals surface area contributed by atoms with Crippen molar-refractivity contribution < 1.29 is 5.11 Å². The van der Waals surface area contributed by atoms with Crippen LogP contribution < -0.4 is 0 Å². The lowest BCUT2D eigenvalue weighted by atomic mass is 9.81. The molecule has 1 N–H and O–H groups in total. The Morgan fingerprint density at radius 1 is 1.60 bits per heavy atom. The third-order valence-electron chi connectivity index (χ3n) is 3.16. The second-order valence-corrected chi connectivity index (χ2v) is 5.23. The Labute approximate surface area is 93.4 Å². The molecule has 0 spiro atoms. The molecule has 1 aliphatic rings. The Balaban J connectivity index is 2.26. The van der Waals surface area contributed by atoms with Gasteiger partial charge in [-0.25, -0.2) is 4.98 Å². The number of hydrogen-bond acceptors (Lipinski definition) is 4. The fraction of sp³-hybridized carbons (Fsp3) is 0.636. The van der Waals surface area contributed by atoms with E-state index in [0.29, 0.717) is 5.69 Å². The highest BCUT2D eigenvalue weighted by atomic mass is 32.1. The molecular formula is C11H14N2OS. The minimum atomic E-state index is -0.713. The lowest BCUT2D eigenvalue weighted by Crippen LogP contribution is -2.24. The Hall–Kier alpha value is -0.920. The first kappa shape index (κ1) is 10.6. The van der Waals surface area contributed by atoms with Gasteiger partial charge in [0.2, 0.25) is 0 Å². The molecule has 1 aliphatic carbocycles. The molecule has 1 unspecified atom stereocenters. The van der Waals surface area contributed by atoms with E-state index >= 15 is 0 Å². The van der Waals surface area contributed by atoms with Crippen LogP contribution in [0.25, 0.3) is 0 Å². The molecule has 0 bridgehead atoms. The van der Waals surface area contributed by atoms with E-state index in [1.165, 1.54) is 11.3 Å². The highest BCUT2D eigenvalue weighted by molar-refractivity contribution is 7.09. The molecule has 0 radical (unpaired) electrons. The maximum Gasteiger partial charge on any atom is 0.115 e. The summed E-state index contributed by atoms with van der Waals surface area (Å²) in [4.78, 5) is 4.27. The van der Waals surface area contributed by atoms with Crippen molar-refractivity contribution in [2.45, 2.75) is 38.7 Å². The molecule has 1 fully saturated rings. The average molecular weight is 222 g/mol. The van der Waals surface area contributed by atoms with Crippen LogP contribution in [-0.2, 0) is 0 Å². The molecular weight excluding hydrogens is 208 g/mol. The van der Waals surface area contributed by atoms with Crippen molar-refractivity contribution in [2.24, 2.45) is 5.41 Å². The van der Waals surface area contributed by atoms with Gasteiger partial charge in [-0.2, -0.15) is 5.26 Å². The first-order valence-electron chi connectivity index (χ1n) is 5.19. The van der Waals surface area contributed by atoms with Crippen LogP contribution in [0.5, 0.6) is 0 Å². The van der Waals surface area contributed by atoms with Crippen molar-refractivity contribution in [1.29, 1.82) is 5.26 Å². The lowest BCUT2D eigenvalue weighted by molar-refractivity contribution is 0.0638. The number of nitrogens with zero attached hydrogens (tertiary/aromatic N) is 2. The zero-order valence-corrected chi connectivity index (χ0v) is 9.55. The molecule has 1 heterocycles. The summed E-state index contributed by atoms with van der Waals surface area (Å²) in [6.07, 6.45) is 2.94. The highest BCUT2D eigenvalue weighted by Crippen LogP contribution is 2.46. The Morgan fingerprint density at radius 3 is 2.73 bits per heavy atom. The molecule has 0 saturated heterocycles. The van der Waals surface area contributed by atoms with E-state index < -0.39 is 11.5 Å². The quantitative estimate of drug-likeness (QED) is 0.836. The third kappa shape index (κ3) is 1.77. The summed E-state index contributed by atoms with van der Waals surface area (Å²) in [5.74, 6) is 0. The van der Waals surface area contributed by atoms with Gasteiger partial charge in [0.25, 0.3) is 0 Å². The summed E-state index contributed by atoms with van der Waals surface area (Å²) < 4.78 is 0. The van der Waals surface area contributed by atoms with Gasteiger partial charge < -0.3 is 5.11 Å². The van der Waals surface area contributed by atoms with E-state index in [-0.39, 0.29) is 0 Å². The topological polar surface area (TPSA) is 56.9 Å². The van der Waals surface area contributed by atoms with Gasteiger partial charge in [-0.1, -0.05) is 12.8 Å². The van der Waals surface area contributed by atoms with Crippen molar-refractivity contribution in [2.75, 3.05) is 0 Å². The van der Waals surface area contributed by atoms with Gasteiger partial charge in [0.1, 0.15) is 6.10 Å². The van der Waals surface area contributed by atoms with Crippen molar-refractivity contribution in [1.82, 2.24) is 4.98 Å². The molecule has 1 saturated carbocycles. The van der Waals surface area contributed by atoms with E-state index in [0.717, 1.165) is 30.7 Å². The third-order valence-corrected chi connectivity index (χ3v) is 3.95. The van der Waals surface area contributed by atoms with Crippen LogP contribution in [0.1, 0.15) is 42.5 Å². The normalized spacial score (nSPS) is 21.1. The molecule has 3 nitrogen and oxygen atoms in total. The number of aryl methyl sites for hydroxylation is 1. The van der Waals surface area contributed by atoms with Gasteiger partial charge in [-0.3, -0.25) is 0 Å². The second-order valence-electron chi connectivity index (χ2n) is 4.17. The fourth-order valence-corrected chi connectivity index (χ4v) is 2.87. The van der Waals surface area contributed by atoms with Crippen LogP contribution in [0.3, 0.4) is 0 Å². The summed E-state index contributed by atoms with van der Waals surface area (Å²) in [5, 5.41) is 22.2. The average Bonchev–Trinajstić information content (AvgIpc) is 2.86. The van der Waals surface area contributed by atoms with E-state index in [1.54, 1.807) is 0 Å². The van der Waals surface area contributed by atoms with Crippen LogP contribution in [-0.4, -0.2) is 10.1 Å². The van der Waals surface area contributed by atoms with Crippen LogP contribution in [0.4, 0.5) is 0 Å². The van der Waals surface area contributed by atoms with E-state index in [2.05, 4.69) is 11.1 Å². The van der Waals surface area contributed by atoms with Crippen molar-refractivity contribution in [3.05, 3.63) is 16.1 Å². The molecule has 2 rings (SSSR count). The van der Waals surface area contributed by atoms with Crippen molar-refractivity contribution in [3.8, 4) is 6.07 Å². The van der Waals surface area contributed by atoms with Gasteiger partial charge in [-0.15, -0.1) is 11.3 Å². The molecule has 15 heavy (non-hydrogen) atoms. The second kappa shape index (κ2) is 3.92. The standard InChI is InChI=1S/C11H14N2OS/c1-8-13-9(6-15-8)10(14)11(7-12)4-2-3-5-11/h6,10,14H,2-5H2,1H3. The van der Waals surface area contributed by atoms with Crippen molar-refractivity contribution in [3.63, 3.8) is 0 Å². The fourth-order valence-electron chi connectivity index (χ4n) is 2.24. The minimum Gasteiger partial charge on any atom is -0.385 e. The predicted octanol–water partition coefficient (Wildman–Crippen LogP) is 2.57. The smallest absolute Gasteiger partial charge is 0.115 e. The Bertz CT molecular complexity index is 388. The Kier molecular flexibility index (Phi) is 2.76. The van der Waals surface area contributed by atoms with E-state index in [4.69, 9.17) is 0 Å². The number of thiazole rings is 1. The summed E-state index contributed by atoms with van der Waals surface area (Å²) in [6, 6.07) is 2.30. The van der Waals surface area contributed by atoms with E-state index in [9.17, 15) is 10.4 Å². The van der Waals surface area contributed by atoms with Crippen LogP contribution in [0, 0.1) is 23.7 Å². The summed E-state index contributed by atoms with van der Waals surface area (Å²) in [5.41, 5.74) is 0.0847. The maximum absolute atomic E-state index is 10.2. The van der Waals surface area contributed by atoms with Crippen LogP contribution >= 0.6 is 11.3 Å². The first-order chi connectivity index (χ1) is 7.18. The number of aliphatic hydroxyl groups is 1. The highest BCUT2D eigenvalue weighted by Gasteiger charge is 2.42. The maximum atomic E-state index is 10.2. The largest absolute Gasteiger partial charge is 0.385 e. The van der Waals surface area contributed by atoms with Gasteiger partial charge in [-0.05, 0) is 19.8 Å². The number of nitriles is 1. The van der Waals surface area contributed by atoms with E-state index in [1.807, 2.05) is 12.3 Å². The summed E-state index contributed by atoms with van der Waals surface area (Å²) in [7, 11) is 0. The summed E-state index contributed by atoms with van der Waals surface area (Å²) in [6.45, 7) is 1.91. The van der Waals surface area contributed by atoms with Crippen LogP contribution in [0.2, 0.25) is 0 Å². The number of hydrogen-bond donors (Lipinski definition) is 1. The molecule has 1 aromatic heterocycles. The van der Waals surface area contributed by atoms with Gasteiger partial charge >= 0.3 is 0 Å². The zero-order valence-electron chi connectivity index (χ0n) is 8.73. The molecule has 0 aliphatic heterocycles. The predicted molar refractivity (Wildman–Crippen MR) is 58.3 cm³/mol. The molecule has 1 atom stereocenters. The van der Waals surface area contributed by atoms with Gasteiger partial charge in [0, 0.05) is 5.38 Å². The molecule has 80 valence electrons. The minimum absolute atomic E-state index is 0.583. The number of aliphatic hydroxyl groups excluding tert-OH is 1. The first-order valence-corrected chi connectivity index (χ1v) is 6.07. The monoisotopic (exact) mass is 222 g/mol. The SMILES string of the molecule is Cc1nc(C(O)C2(C#N)CCCC2)cs1. The Morgan fingerprint density at radius 2 is 2.27 bits per heavy atom. The molecule has 0 amide bonds. The molecule has 4 heteroatoms.